The monoisotopic (exact) mass is 414 g/mol. The molecule has 3 rings (SSSR count). The number of thioether (sulfide) groups is 1. The zero-order valence-corrected chi connectivity index (χ0v) is 18.9. The third kappa shape index (κ3) is 5.72. The van der Waals surface area contributed by atoms with Gasteiger partial charge in [-0.15, -0.1) is 11.8 Å². The lowest BCUT2D eigenvalue weighted by Crippen LogP contribution is -2.37. The molecule has 0 fully saturated rings. The normalized spacial score (nSPS) is 15.9. The Kier molecular flexibility index (Phi) is 7.38. The zero-order valence-electron chi connectivity index (χ0n) is 17.3. The summed E-state index contributed by atoms with van der Waals surface area (Å²) in [6, 6.07) is 15.0. The SMILES string of the molecule is CS/C(=C\N(C)CN1CCc2ccc(C)cc2C1)Cc1ccc(S(C)=O)cc1. The maximum atomic E-state index is 11.5. The van der Waals surface area contributed by atoms with Crippen molar-refractivity contribution in [3.63, 3.8) is 0 Å². The van der Waals surface area contributed by atoms with Gasteiger partial charge in [0.15, 0.2) is 0 Å². The van der Waals surface area contributed by atoms with Crippen molar-refractivity contribution in [1.29, 1.82) is 0 Å². The first kappa shape index (κ1) is 21.2. The van der Waals surface area contributed by atoms with Gasteiger partial charge in [-0.2, -0.15) is 0 Å². The van der Waals surface area contributed by atoms with E-state index in [9.17, 15) is 4.21 Å². The van der Waals surface area contributed by atoms with Crippen molar-refractivity contribution < 1.29 is 4.21 Å². The minimum absolute atomic E-state index is 0.885. The molecule has 0 aromatic heterocycles. The smallest absolute Gasteiger partial charge is 0.0701 e. The predicted octanol–water partition coefficient (Wildman–Crippen LogP) is 4.43. The lowest BCUT2D eigenvalue weighted by atomic mass is 9.98. The number of nitrogens with zero attached hydrogens (tertiary/aromatic N) is 2. The Morgan fingerprint density at radius 2 is 1.96 bits per heavy atom. The second-order valence-corrected chi connectivity index (χ2v) is 9.86. The van der Waals surface area contributed by atoms with E-state index in [4.69, 9.17) is 0 Å². The van der Waals surface area contributed by atoms with E-state index in [0.29, 0.717) is 0 Å². The van der Waals surface area contributed by atoms with Gasteiger partial charge in [-0.3, -0.25) is 9.11 Å². The molecule has 0 saturated carbocycles. The van der Waals surface area contributed by atoms with Crippen molar-refractivity contribution in [1.82, 2.24) is 9.80 Å². The van der Waals surface area contributed by atoms with E-state index in [1.807, 2.05) is 12.1 Å². The molecular formula is C23H30N2OS2. The largest absolute Gasteiger partial charge is 0.367 e. The first-order valence-corrected chi connectivity index (χ1v) is 12.4. The summed E-state index contributed by atoms with van der Waals surface area (Å²) < 4.78 is 11.5. The fourth-order valence-electron chi connectivity index (χ4n) is 3.64. The Morgan fingerprint density at radius 1 is 1.21 bits per heavy atom. The van der Waals surface area contributed by atoms with Crippen LogP contribution in [0.5, 0.6) is 0 Å². The van der Waals surface area contributed by atoms with Gasteiger partial charge >= 0.3 is 0 Å². The molecule has 3 nitrogen and oxygen atoms in total. The average Bonchev–Trinajstić information content (AvgIpc) is 2.67. The van der Waals surface area contributed by atoms with Gasteiger partial charge in [0.05, 0.1) is 6.67 Å². The number of aryl methyl sites for hydroxylation is 1. The van der Waals surface area contributed by atoms with Crippen LogP contribution in [0.3, 0.4) is 0 Å². The second-order valence-electron chi connectivity index (χ2n) is 7.55. The summed E-state index contributed by atoms with van der Waals surface area (Å²) in [5.41, 5.74) is 5.57. The first-order valence-electron chi connectivity index (χ1n) is 9.62. The van der Waals surface area contributed by atoms with Crippen LogP contribution in [-0.2, 0) is 30.2 Å². The fourth-order valence-corrected chi connectivity index (χ4v) is 4.75. The summed E-state index contributed by atoms with van der Waals surface area (Å²) in [7, 11) is 1.24. The summed E-state index contributed by atoms with van der Waals surface area (Å²) in [4.78, 5) is 7.03. The maximum Gasteiger partial charge on any atom is 0.0701 e. The molecule has 0 amide bonds. The van der Waals surface area contributed by atoms with Crippen molar-refractivity contribution >= 4 is 22.6 Å². The number of fused-ring (bicyclic) bond motifs is 1. The van der Waals surface area contributed by atoms with Crippen LogP contribution < -0.4 is 0 Å². The van der Waals surface area contributed by atoms with Crippen molar-refractivity contribution in [2.75, 3.05) is 32.8 Å². The molecule has 1 atom stereocenters. The Morgan fingerprint density at radius 3 is 2.64 bits per heavy atom. The van der Waals surface area contributed by atoms with Gasteiger partial charge in [0.2, 0.25) is 0 Å². The molecule has 28 heavy (non-hydrogen) atoms. The molecule has 2 aromatic rings. The van der Waals surface area contributed by atoms with Crippen molar-refractivity contribution in [3.8, 4) is 0 Å². The van der Waals surface area contributed by atoms with Crippen LogP contribution in [0.1, 0.15) is 22.3 Å². The molecule has 1 aliphatic heterocycles. The van der Waals surface area contributed by atoms with E-state index >= 15 is 0 Å². The molecule has 0 saturated heterocycles. The summed E-state index contributed by atoms with van der Waals surface area (Å²) >= 11 is 1.80. The standard InChI is InChI=1S/C23H30N2OS2/c1-18-5-8-20-11-12-25(15-21(20)13-18)17-24(2)16-22(27-3)14-19-6-9-23(10-7-19)28(4)26/h5-10,13,16H,11-12,14-15,17H2,1-4H3/b22-16-. The number of hydrogen-bond donors (Lipinski definition) is 0. The Balaban J connectivity index is 1.60. The summed E-state index contributed by atoms with van der Waals surface area (Å²) in [6.45, 7) is 5.24. The highest BCUT2D eigenvalue weighted by Gasteiger charge is 2.16. The van der Waals surface area contributed by atoms with Crippen LogP contribution in [0.15, 0.2) is 58.5 Å². The van der Waals surface area contributed by atoms with Gasteiger partial charge in [-0.25, -0.2) is 0 Å². The van der Waals surface area contributed by atoms with Gasteiger partial charge < -0.3 is 4.90 Å². The molecule has 1 unspecified atom stereocenters. The van der Waals surface area contributed by atoms with Crippen LogP contribution in [-0.4, -0.2) is 46.8 Å². The summed E-state index contributed by atoms with van der Waals surface area (Å²) in [5.74, 6) is 0. The molecule has 0 aliphatic carbocycles. The number of allylic oxidation sites excluding steroid dienone is 1. The minimum atomic E-state index is -0.916. The topological polar surface area (TPSA) is 23.6 Å². The maximum absolute atomic E-state index is 11.5. The number of benzene rings is 2. The average molecular weight is 415 g/mol. The molecule has 1 heterocycles. The van der Waals surface area contributed by atoms with Gasteiger partial charge in [0, 0.05) is 59.6 Å². The second kappa shape index (κ2) is 9.77. The van der Waals surface area contributed by atoms with E-state index in [2.05, 4.69) is 66.6 Å². The van der Waals surface area contributed by atoms with Gasteiger partial charge in [0.25, 0.3) is 0 Å². The Hall–Kier alpha value is -1.56. The third-order valence-corrected chi connectivity index (χ3v) is 6.85. The molecule has 2 aromatic carbocycles. The lowest BCUT2D eigenvalue weighted by molar-refractivity contribution is 0.175. The Bertz CT molecular complexity index is 861. The lowest BCUT2D eigenvalue weighted by Gasteiger charge is -2.32. The summed E-state index contributed by atoms with van der Waals surface area (Å²) in [5, 5.41) is 0. The zero-order chi connectivity index (χ0) is 20.1. The van der Waals surface area contributed by atoms with E-state index in [0.717, 1.165) is 37.5 Å². The highest BCUT2D eigenvalue weighted by atomic mass is 32.2. The predicted molar refractivity (Wildman–Crippen MR) is 122 cm³/mol. The minimum Gasteiger partial charge on any atom is -0.367 e. The highest BCUT2D eigenvalue weighted by Crippen LogP contribution is 2.22. The van der Waals surface area contributed by atoms with E-state index < -0.39 is 10.8 Å². The van der Waals surface area contributed by atoms with E-state index in [1.54, 1.807) is 18.0 Å². The van der Waals surface area contributed by atoms with Crippen molar-refractivity contribution in [2.24, 2.45) is 0 Å². The van der Waals surface area contributed by atoms with Gasteiger partial charge in [-0.1, -0.05) is 35.9 Å². The molecule has 1 aliphatic rings. The highest BCUT2D eigenvalue weighted by molar-refractivity contribution is 8.02. The van der Waals surface area contributed by atoms with Crippen LogP contribution in [0, 0.1) is 6.92 Å². The van der Waals surface area contributed by atoms with Crippen LogP contribution in [0.4, 0.5) is 0 Å². The molecule has 0 spiro atoms. The molecule has 0 radical (unpaired) electrons. The molecular weight excluding hydrogens is 384 g/mol. The van der Waals surface area contributed by atoms with Gasteiger partial charge in [0.1, 0.15) is 0 Å². The Labute approximate surface area is 176 Å². The van der Waals surface area contributed by atoms with Gasteiger partial charge in [-0.05, 0) is 48.4 Å². The molecule has 0 N–H and O–H groups in total. The molecule has 150 valence electrons. The third-order valence-electron chi connectivity index (χ3n) is 5.14. The summed E-state index contributed by atoms with van der Waals surface area (Å²) in [6.07, 6.45) is 8.16. The van der Waals surface area contributed by atoms with Crippen molar-refractivity contribution in [3.05, 3.63) is 75.8 Å². The molecule has 0 bridgehead atoms. The van der Waals surface area contributed by atoms with E-state index in [1.165, 1.54) is 27.2 Å². The number of hydrogen-bond acceptors (Lipinski definition) is 4. The fraction of sp³-hybridized carbons (Fsp3) is 0.391. The first-order chi connectivity index (χ1) is 13.4. The van der Waals surface area contributed by atoms with E-state index in [-0.39, 0.29) is 0 Å². The quantitative estimate of drug-likeness (QED) is 0.669. The molecule has 5 heteroatoms. The van der Waals surface area contributed by atoms with Crippen molar-refractivity contribution in [2.45, 2.75) is 31.2 Å². The van der Waals surface area contributed by atoms with Crippen LogP contribution in [0.25, 0.3) is 0 Å². The van der Waals surface area contributed by atoms with Crippen LogP contribution in [0.2, 0.25) is 0 Å². The van der Waals surface area contributed by atoms with Crippen LogP contribution >= 0.6 is 11.8 Å². The number of rotatable bonds is 7.